The van der Waals surface area contributed by atoms with Crippen LogP contribution in [0.25, 0.3) is 0 Å². The predicted molar refractivity (Wildman–Crippen MR) is 120 cm³/mol. The van der Waals surface area contributed by atoms with E-state index in [0.717, 1.165) is 31.5 Å². The molecule has 1 amide bonds. The van der Waals surface area contributed by atoms with Crippen molar-refractivity contribution in [3.8, 4) is 17.2 Å². The molecule has 0 saturated carbocycles. The van der Waals surface area contributed by atoms with E-state index in [-0.39, 0.29) is 36.4 Å². The number of nitrogens with one attached hydrogen (secondary N) is 2. The zero-order valence-corrected chi connectivity index (χ0v) is 19.4. The van der Waals surface area contributed by atoms with Gasteiger partial charge in [0.2, 0.25) is 11.7 Å². The monoisotopic (exact) mass is 506 g/mol. The summed E-state index contributed by atoms with van der Waals surface area (Å²) in [6.45, 7) is 4.98. The lowest BCUT2D eigenvalue weighted by Gasteiger charge is -2.18. The predicted octanol–water partition coefficient (Wildman–Crippen LogP) is 2.01. The van der Waals surface area contributed by atoms with Gasteiger partial charge in [-0.1, -0.05) is 0 Å². The van der Waals surface area contributed by atoms with Gasteiger partial charge in [0.25, 0.3) is 0 Å². The van der Waals surface area contributed by atoms with Gasteiger partial charge >= 0.3 is 0 Å². The Balaban J connectivity index is 0.00000392. The zero-order chi connectivity index (χ0) is 19.6. The van der Waals surface area contributed by atoms with Gasteiger partial charge < -0.3 is 29.7 Å². The highest BCUT2D eigenvalue weighted by Crippen LogP contribution is 2.39. The number of hydrogen-bond donors (Lipinski definition) is 2. The van der Waals surface area contributed by atoms with E-state index in [2.05, 4.69) is 15.6 Å². The molecule has 8 nitrogen and oxygen atoms in total. The average Bonchev–Trinajstić information content (AvgIpc) is 3.23. The Labute approximate surface area is 184 Å². The van der Waals surface area contributed by atoms with E-state index in [9.17, 15) is 4.79 Å². The smallest absolute Gasteiger partial charge is 0.241 e. The maximum Gasteiger partial charge on any atom is 0.241 e. The number of halogens is 1. The maximum absolute atomic E-state index is 12.2. The summed E-state index contributed by atoms with van der Waals surface area (Å²) in [5.41, 5.74) is 0.859. The number of aliphatic imine (C=N–C) groups is 1. The van der Waals surface area contributed by atoms with E-state index >= 15 is 0 Å². The maximum atomic E-state index is 12.2. The fourth-order valence-electron chi connectivity index (χ4n) is 3.03. The Morgan fingerprint density at radius 3 is 2.32 bits per heavy atom. The largest absolute Gasteiger partial charge is 0.493 e. The van der Waals surface area contributed by atoms with Crippen molar-refractivity contribution in [2.75, 3.05) is 47.5 Å². The fraction of sp³-hybridized carbons (Fsp3) is 0.579. The van der Waals surface area contributed by atoms with Crippen molar-refractivity contribution in [3.63, 3.8) is 0 Å². The normalized spacial score (nSPS) is 13.6. The third kappa shape index (κ3) is 6.32. The van der Waals surface area contributed by atoms with Gasteiger partial charge in [-0.3, -0.25) is 4.79 Å². The number of amides is 1. The first-order valence-electron chi connectivity index (χ1n) is 9.22. The van der Waals surface area contributed by atoms with Crippen molar-refractivity contribution >= 4 is 35.8 Å². The molecule has 0 atom stereocenters. The molecule has 0 bridgehead atoms. The summed E-state index contributed by atoms with van der Waals surface area (Å²) < 4.78 is 16.2. The Bertz CT molecular complexity index is 664. The number of methoxy groups -OCH3 is 3. The van der Waals surface area contributed by atoms with Crippen LogP contribution in [-0.2, 0) is 11.3 Å². The number of carbonyl (C=O) groups excluding carboxylic acids is 1. The van der Waals surface area contributed by atoms with Crippen molar-refractivity contribution < 1.29 is 19.0 Å². The molecule has 1 saturated heterocycles. The molecule has 28 heavy (non-hydrogen) atoms. The SMILES string of the molecule is CCNC(=NCc1ccc(OC)c(OC)c1OC)NCC(=O)N1CCCC1.I. The number of carbonyl (C=O) groups is 1. The quantitative estimate of drug-likeness (QED) is 0.319. The van der Waals surface area contributed by atoms with E-state index in [1.165, 1.54) is 0 Å². The molecule has 0 aromatic heterocycles. The van der Waals surface area contributed by atoms with Gasteiger partial charge in [0, 0.05) is 25.2 Å². The number of nitrogens with zero attached hydrogens (tertiary/aromatic N) is 2. The van der Waals surface area contributed by atoms with Gasteiger partial charge in [0.05, 0.1) is 34.4 Å². The molecule has 1 fully saturated rings. The van der Waals surface area contributed by atoms with Gasteiger partial charge in [-0.25, -0.2) is 4.99 Å². The molecule has 0 aliphatic carbocycles. The molecular weight excluding hydrogens is 475 g/mol. The van der Waals surface area contributed by atoms with Crippen molar-refractivity contribution in [1.29, 1.82) is 0 Å². The summed E-state index contributed by atoms with van der Waals surface area (Å²) in [4.78, 5) is 18.7. The van der Waals surface area contributed by atoms with Crippen molar-refractivity contribution in [2.24, 2.45) is 4.99 Å². The number of ether oxygens (including phenoxy) is 3. The van der Waals surface area contributed by atoms with Gasteiger partial charge in [-0.2, -0.15) is 0 Å². The van der Waals surface area contributed by atoms with Gasteiger partial charge in [0.15, 0.2) is 17.5 Å². The second-order valence-corrected chi connectivity index (χ2v) is 6.13. The van der Waals surface area contributed by atoms with Crippen LogP contribution in [0.15, 0.2) is 17.1 Å². The Hall–Kier alpha value is -1.91. The number of rotatable bonds is 8. The minimum Gasteiger partial charge on any atom is -0.493 e. The Morgan fingerprint density at radius 1 is 1.07 bits per heavy atom. The Morgan fingerprint density at radius 2 is 1.75 bits per heavy atom. The van der Waals surface area contributed by atoms with Crippen LogP contribution in [0.3, 0.4) is 0 Å². The van der Waals surface area contributed by atoms with Crippen LogP contribution in [0, 0.1) is 0 Å². The molecule has 1 aromatic carbocycles. The van der Waals surface area contributed by atoms with Crippen molar-refractivity contribution in [3.05, 3.63) is 17.7 Å². The Kier molecular flexibility index (Phi) is 10.8. The second kappa shape index (κ2) is 12.5. The lowest BCUT2D eigenvalue weighted by atomic mass is 10.1. The third-order valence-electron chi connectivity index (χ3n) is 4.40. The first-order chi connectivity index (χ1) is 13.1. The first kappa shape index (κ1) is 24.1. The highest BCUT2D eigenvalue weighted by molar-refractivity contribution is 14.0. The summed E-state index contributed by atoms with van der Waals surface area (Å²) in [7, 11) is 4.74. The molecule has 1 heterocycles. The van der Waals surface area contributed by atoms with Crippen molar-refractivity contribution in [1.82, 2.24) is 15.5 Å². The average molecular weight is 506 g/mol. The minimum atomic E-state index is 0. The molecule has 1 aliphatic rings. The summed E-state index contributed by atoms with van der Waals surface area (Å²) in [5, 5.41) is 6.27. The van der Waals surface area contributed by atoms with Gasteiger partial charge in [-0.15, -0.1) is 24.0 Å². The van der Waals surface area contributed by atoms with E-state index in [0.29, 0.717) is 36.3 Å². The van der Waals surface area contributed by atoms with E-state index < -0.39 is 0 Å². The highest BCUT2D eigenvalue weighted by Gasteiger charge is 2.18. The highest BCUT2D eigenvalue weighted by atomic mass is 127. The molecule has 158 valence electrons. The molecule has 9 heteroatoms. The van der Waals surface area contributed by atoms with E-state index in [1.807, 2.05) is 24.0 Å². The molecule has 1 aliphatic heterocycles. The number of benzene rings is 1. The lowest BCUT2D eigenvalue weighted by molar-refractivity contribution is -0.128. The lowest BCUT2D eigenvalue weighted by Crippen LogP contribution is -2.44. The van der Waals surface area contributed by atoms with Gasteiger partial charge in [-0.05, 0) is 31.9 Å². The number of likely N-dealkylation sites (tertiary alicyclic amines) is 1. The van der Waals surface area contributed by atoms with Crippen LogP contribution in [0.5, 0.6) is 17.2 Å². The summed E-state index contributed by atoms with van der Waals surface area (Å²) in [6.07, 6.45) is 2.16. The molecule has 0 spiro atoms. The van der Waals surface area contributed by atoms with Crippen LogP contribution >= 0.6 is 24.0 Å². The fourth-order valence-corrected chi connectivity index (χ4v) is 3.03. The zero-order valence-electron chi connectivity index (χ0n) is 17.0. The molecular formula is C19H31IN4O4. The van der Waals surface area contributed by atoms with Gasteiger partial charge in [0.1, 0.15) is 0 Å². The summed E-state index contributed by atoms with van der Waals surface area (Å²) in [5.74, 6) is 2.41. The minimum absolute atomic E-state index is 0. The summed E-state index contributed by atoms with van der Waals surface area (Å²) in [6, 6.07) is 3.71. The summed E-state index contributed by atoms with van der Waals surface area (Å²) >= 11 is 0. The molecule has 0 radical (unpaired) electrons. The second-order valence-electron chi connectivity index (χ2n) is 6.13. The van der Waals surface area contributed by atoms with Crippen LogP contribution in [0.2, 0.25) is 0 Å². The van der Waals surface area contributed by atoms with E-state index in [1.54, 1.807) is 21.3 Å². The number of hydrogen-bond acceptors (Lipinski definition) is 5. The van der Waals surface area contributed by atoms with Crippen LogP contribution < -0.4 is 24.8 Å². The molecule has 0 unspecified atom stereocenters. The number of guanidine groups is 1. The first-order valence-corrected chi connectivity index (χ1v) is 9.22. The standard InChI is InChI=1S/C19H30N4O4.HI/c1-5-20-19(22-13-16(24)23-10-6-7-11-23)21-12-14-8-9-15(25-2)18(27-4)17(14)26-3;/h8-9H,5-7,10-13H2,1-4H3,(H2,20,21,22);1H. The van der Waals surface area contributed by atoms with Crippen LogP contribution in [0.1, 0.15) is 25.3 Å². The topological polar surface area (TPSA) is 84.4 Å². The molecule has 1 aromatic rings. The third-order valence-corrected chi connectivity index (χ3v) is 4.40. The van der Waals surface area contributed by atoms with E-state index in [4.69, 9.17) is 14.2 Å². The van der Waals surface area contributed by atoms with Crippen molar-refractivity contribution in [2.45, 2.75) is 26.3 Å². The molecule has 2 rings (SSSR count). The van der Waals surface area contributed by atoms with Crippen LogP contribution in [-0.4, -0.2) is 64.3 Å². The van der Waals surface area contributed by atoms with Crippen LogP contribution in [0.4, 0.5) is 0 Å². The molecule has 2 N–H and O–H groups in total.